The van der Waals surface area contributed by atoms with Gasteiger partial charge in [0.2, 0.25) is 0 Å². The molecule has 1 N–H and O–H groups in total. The summed E-state index contributed by atoms with van der Waals surface area (Å²) in [6.45, 7) is 14.0. The van der Waals surface area contributed by atoms with Crippen LogP contribution < -0.4 is 5.32 Å². The summed E-state index contributed by atoms with van der Waals surface area (Å²) in [6.07, 6.45) is 1.09. The van der Waals surface area contributed by atoms with Gasteiger partial charge in [0.1, 0.15) is 5.82 Å². The maximum Gasteiger partial charge on any atom is 0.123 e. The van der Waals surface area contributed by atoms with Gasteiger partial charge in [0.05, 0.1) is 6.04 Å². The molecule has 2 nitrogen and oxygen atoms in total. The highest BCUT2D eigenvalue weighted by atomic mass is 19.1. The van der Waals surface area contributed by atoms with E-state index in [2.05, 4.69) is 44.8 Å². The Balaban J connectivity index is 3.07. The van der Waals surface area contributed by atoms with Crippen LogP contribution >= 0.6 is 0 Å². The minimum Gasteiger partial charge on any atom is -0.308 e. The first kappa shape index (κ1) is 17.1. The van der Waals surface area contributed by atoms with Crippen LogP contribution in [0.2, 0.25) is 0 Å². The quantitative estimate of drug-likeness (QED) is 0.774. The Labute approximate surface area is 123 Å². The van der Waals surface area contributed by atoms with Crippen molar-refractivity contribution in [3.63, 3.8) is 0 Å². The largest absolute Gasteiger partial charge is 0.308 e. The molecule has 0 bridgehead atoms. The smallest absolute Gasteiger partial charge is 0.123 e. The SMILES string of the molecule is CCCNC(c1ccc(F)cc1)C(C)(C)N(CC)CC. The van der Waals surface area contributed by atoms with Crippen molar-refractivity contribution in [3.05, 3.63) is 35.6 Å². The number of hydrogen-bond donors (Lipinski definition) is 1. The van der Waals surface area contributed by atoms with Crippen molar-refractivity contribution in [2.24, 2.45) is 0 Å². The topological polar surface area (TPSA) is 15.3 Å². The molecule has 1 unspecified atom stereocenters. The third kappa shape index (κ3) is 4.03. The van der Waals surface area contributed by atoms with E-state index in [0.29, 0.717) is 0 Å². The summed E-state index contributed by atoms with van der Waals surface area (Å²) in [5.41, 5.74) is 1.13. The summed E-state index contributed by atoms with van der Waals surface area (Å²) in [4.78, 5) is 2.45. The number of nitrogens with one attached hydrogen (secondary N) is 1. The highest BCUT2D eigenvalue weighted by Gasteiger charge is 2.34. The summed E-state index contributed by atoms with van der Waals surface area (Å²) in [7, 11) is 0. The van der Waals surface area contributed by atoms with Gasteiger partial charge in [-0.3, -0.25) is 4.90 Å². The fourth-order valence-electron chi connectivity index (χ4n) is 2.94. The number of halogens is 1. The molecule has 1 rings (SSSR count). The summed E-state index contributed by atoms with van der Waals surface area (Å²) < 4.78 is 13.2. The standard InChI is InChI=1S/C17H29FN2/c1-6-13-19-16(14-9-11-15(18)12-10-14)17(4,5)20(7-2)8-3/h9-12,16,19H,6-8,13H2,1-5H3. The Bertz CT molecular complexity index is 382. The molecular formula is C17H29FN2. The van der Waals surface area contributed by atoms with Crippen LogP contribution in [0, 0.1) is 5.82 Å². The van der Waals surface area contributed by atoms with Crippen molar-refractivity contribution in [2.75, 3.05) is 19.6 Å². The lowest BCUT2D eigenvalue weighted by atomic mass is 9.86. The zero-order valence-corrected chi connectivity index (χ0v) is 13.5. The predicted molar refractivity (Wildman–Crippen MR) is 84.4 cm³/mol. The van der Waals surface area contributed by atoms with E-state index >= 15 is 0 Å². The highest BCUT2D eigenvalue weighted by molar-refractivity contribution is 5.23. The lowest BCUT2D eigenvalue weighted by Gasteiger charge is -2.44. The van der Waals surface area contributed by atoms with E-state index in [1.165, 1.54) is 0 Å². The molecule has 0 saturated heterocycles. The van der Waals surface area contributed by atoms with Crippen LogP contribution in [-0.4, -0.2) is 30.1 Å². The maximum absolute atomic E-state index is 13.2. The molecule has 0 aliphatic rings. The summed E-state index contributed by atoms with van der Waals surface area (Å²) >= 11 is 0. The molecule has 1 aromatic carbocycles. The van der Waals surface area contributed by atoms with Crippen LogP contribution in [0.15, 0.2) is 24.3 Å². The zero-order valence-electron chi connectivity index (χ0n) is 13.5. The van der Waals surface area contributed by atoms with Gasteiger partial charge >= 0.3 is 0 Å². The van der Waals surface area contributed by atoms with Gasteiger partial charge in [-0.25, -0.2) is 4.39 Å². The van der Waals surface area contributed by atoms with Crippen molar-refractivity contribution in [2.45, 2.75) is 52.6 Å². The number of hydrogen-bond acceptors (Lipinski definition) is 2. The number of likely N-dealkylation sites (N-methyl/N-ethyl adjacent to an activating group) is 1. The average molecular weight is 280 g/mol. The van der Waals surface area contributed by atoms with Crippen molar-refractivity contribution in [1.82, 2.24) is 10.2 Å². The summed E-state index contributed by atoms with van der Waals surface area (Å²) in [6, 6.07) is 7.09. The van der Waals surface area contributed by atoms with E-state index in [0.717, 1.165) is 31.6 Å². The molecule has 0 spiro atoms. The molecule has 0 radical (unpaired) electrons. The first-order valence-corrected chi connectivity index (χ1v) is 7.71. The third-order valence-electron chi connectivity index (χ3n) is 4.09. The second-order valence-corrected chi connectivity index (χ2v) is 5.76. The van der Waals surface area contributed by atoms with E-state index < -0.39 is 0 Å². The van der Waals surface area contributed by atoms with Gasteiger partial charge in [0, 0.05) is 5.54 Å². The Morgan fingerprint density at radius 1 is 1.10 bits per heavy atom. The highest BCUT2D eigenvalue weighted by Crippen LogP contribution is 2.31. The van der Waals surface area contributed by atoms with Crippen molar-refractivity contribution < 1.29 is 4.39 Å². The lowest BCUT2D eigenvalue weighted by Crippen LogP contribution is -2.52. The fourth-order valence-corrected chi connectivity index (χ4v) is 2.94. The summed E-state index contributed by atoms with van der Waals surface area (Å²) in [5.74, 6) is -0.177. The molecule has 0 aromatic heterocycles. The molecule has 114 valence electrons. The molecule has 0 saturated carbocycles. The molecule has 0 fully saturated rings. The van der Waals surface area contributed by atoms with Crippen molar-refractivity contribution in [1.29, 1.82) is 0 Å². The average Bonchev–Trinajstić information content (AvgIpc) is 2.42. The number of rotatable bonds is 8. The first-order chi connectivity index (χ1) is 9.47. The minimum atomic E-state index is -0.177. The van der Waals surface area contributed by atoms with Gasteiger partial charge in [-0.15, -0.1) is 0 Å². The molecule has 1 aromatic rings. The Hall–Kier alpha value is -0.930. The van der Waals surface area contributed by atoms with Crippen molar-refractivity contribution in [3.8, 4) is 0 Å². The van der Waals surface area contributed by atoms with E-state index in [1.807, 2.05) is 12.1 Å². The van der Waals surface area contributed by atoms with Crippen LogP contribution in [0.5, 0.6) is 0 Å². The summed E-state index contributed by atoms with van der Waals surface area (Å²) in [5, 5.41) is 3.63. The van der Waals surface area contributed by atoms with Gasteiger partial charge < -0.3 is 5.32 Å². The predicted octanol–water partition coefficient (Wildman–Crippen LogP) is 3.99. The monoisotopic (exact) mass is 280 g/mol. The van der Waals surface area contributed by atoms with E-state index in [4.69, 9.17) is 0 Å². The lowest BCUT2D eigenvalue weighted by molar-refractivity contribution is 0.0911. The molecular weight excluding hydrogens is 251 g/mol. The third-order valence-corrected chi connectivity index (χ3v) is 4.09. The van der Waals surface area contributed by atoms with Gasteiger partial charge in [0.15, 0.2) is 0 Å². The molecule has 0 aliphatic heterocycles. The molecule has 0 heterocycles. The Morgan fingerprint density at radius 3 is 2.10 bits per heavy atom. The van der Waals surface area contributed by atoms with Gasteiger partial charge in [-0.2, -0.15) is 0 Å². The Morgan fingerprint density at radius 2 is 1.65 bits per heavy atom. The number of benzene rings is 1. The van der Waals surface area contributed by atoms with Crippen LogP contribution in [0.1, 0.15) is 52.6 Å². The number of nitrogens with zero attached hydrogens (tertiary/aromatic N) is 1. The first-order valence-electron chi connectivity index (χ1n) is 7.71. The second-order valence-electron chi connectivity index (χ2n) is 5.76. The molecule has 1 atom stereocenters. The van der Waals surface area contributed by atoms with Gasteiger partial charge in [-0.05, 0) is 57.6 Å². The minimum absolute atomic E-state index is 0.0174. The van der Waals surface area contributed by atoms with E-state index in [1.54, 1.807) is 12.1 Å². The normalized spacial score (nSPS) is 13.8. The van der Waals surface area contributed by atoms with Gasteiger partial charge in [0.25, 0.3) is 0 Å². The van der Waals surface area contributed by atoms with Crippen molar-refractivity contribution >= 4 is 0 Å². The van der Waals surface area contributed by atoms with Gasteiger partial charge in [-0.1, -0.05) is 32.9 Å². The van der Waals surface area contributed by atoms with Crippen LogP contribution in [0.25, 0.3) is 0 Å². The van der Waals surface area contributed by atoms with Crippen LogP contribution in [0.3, 0.4) is 0 Å². The second kappa shape index (κ2) is 7.75. The molecule has 3 heteroatoms. The van der Waals surface area contributed by atoms with Crippen LogP contribution in [-0.2, 0) is 0 Å². The molecule has 0 aliphatic carbocycles. The molecule has 0 amide bonds. The Kier molecular flexibility index (Phi) is 6.63. The van der Waals surface area contributed by atoms with E-state index in [-0.39, 0.29) is 17.4 Å². The zero-order chi connectivity index (χ0) is 15.2. The fraction of sp³-hybridized carbons (Fsp3) is 0.647. The molecule has 20 heavy (non-hydrogen) atoms. The van der Waals surface area contributed by atoms with Crippen LogP contribution in [0.4, 0.5) is 4.39 Å². The maximum atomic E-state index is 13.2. The van der Waals surface area contributed by atoms with E-state index in [9.17, 15) is 4.39 Å².